The number of thiophene rings is 1. The van der Waals surface area contributed by atoms with Gasteiger partial charge in [0, 0.05) is 39.3 Å². The molecule has 2 rings (SSSR count). The zero-order valence-corrected chi connectivity index (χ0v) is 11.1. The van der Waals surface area contributed by atoms with Crippen LogP contribution in [0.2, 0.25) is 0 Å². The van der Waals surface area contributed by atoms with E-state index in [2.05, 4.69) is 5.32 Å². The Labute approximate surface area is 110 Å². The van der Waals surface area contributed by atoms with Crippen molar-refractivity contribution in [3.05, 3.63) is 28.5 Å². The third-order valence-electron chi connectivity index (χ3n) is 2.75. The van der Waals surface area contributed by atoms with E-state index in [1.165, 1.54) is 4.88 Å². The SMILES string of the molecule is Cc1scc(NCCO)c1-c1cc(N)ccc1N. The molecule has 5 heteroatoms. The monoisotopic (exact) mass is 263 g/mol. The first-order valence-electron chi connectivity index (χ1n) is 5.71. The summed E-state index contributed by atoms with van der Waals surface area (Å²) in [4.78, 5) is 1.17. The maximum atomic E-state index is 8.89. The number of aliphatic hydroxyl groups is 1. The Balaban J connectivity index is 2.48. The first-order valence-corrected chi connectivity index (χ1v) is 6.59. The molecule has 6 N–H and O–H groups in total. The van der Waals surface area contributed by atoms with Crippen molar-refractivity contribution in [1.82, 2.24) is 0 Å². The molecule has 0 saturated carbocycles. The topological polar surface area (TPSA) is 84.3 Å². The molecule has 1 aromatic carbocycles. The molecule has 0 aliphatic rings. The summed E-state index contributed by atoms with van der Waals surface area (Å²) in [5, 5.41) is 14.1. The van der Waals surface area contributed by atoms with E-state index in [1.54, 1.807) is 17.4 Å². The quantitative estimate of drug-likeness (QED) is 0.638. The second-order valence-corrected chi connectivity index (χ2v) is 5.16. The fraction of sp³-hybridized carbons (Fsp3) is 0.231. The highest BCUT2D eigenvalue weighted by Gasteiger charge is 2.13. The molecule has 0 fully saturated rings. The van der Waals surface area contributed by atoms with Gasteiger partial charge in [-0.25, -0.2) is 0 Å². The second-order valence-electron chi connectivity index (χ2n) is 4.08. The number of benzene rings is 1. The van der Waals surface area contributed by atoms with E-state index < -0.39 is 0 Å². The molecule has 0 amide bonds. The van der Waals surface area contributed by atoms with E-state index in [9.17, 15) is 0 Å². The number of nitrogens with one attached hydrogen (secondary N) is 1. The van der Waals surface area contributed by atoms with Crippen LogP contribution >= 0.6 is 11.3 Å². The molecule has 18 heavy (non-hydrogen) atoms. The summed E-state index contributed by atoms with van der Waals surface area (Å²) in [6, 6.07) is 5.49. The van der Waals surface area contributed by atoms with Gasteiger partial charge in [-0.2, -0.15) is 0 Å². The van der Waals surface area contributed by atoms with E-state index in [-0.39, 0.29) is 6.61 Å². The van der Waals surface area contributed by atoms with Crippen LogP contribution < -0.4 is 16.8 Å². The highest BCUT2D eigenvalue weighted by atomic mass is 32.1. The number of aryl methyl sites for hydroxylation is 1. The van der Waals surface area contributed by atoms with Crippen molar-refractivity contribution in [2.75, 3.05) is 29.9 Å². The van der Waals surface area contributed by atoms with Crippen LogP contribution in [0, 0.1) is 6.92 Å². The molecular weight excluding hydrogens is 246 g/mol. The fourth-order valence-corrected chi connectivity index (χ4v) is 2.73. The number of nitrogen functional groups attached to an aromatic ring is 2. The molecule has 2 aromatic rings. The highest BCUT2D eigenvalue weighted by Crippen LogP contribution is 2.39. The van der Waals surface area contributed by atoms with Crippen molar-refractivity contribution in [2.24, 2.45) is 0 Å². The third kappa shape index (κ3) is 2.42. The average Bonchev–Trinajstić information content (AvgIpc) is 2.71. The first kappa shape index (κ1) is 12.7. The van der Waals surface area contributed by atoms with E-state index >= 15 is 0 Å². The van der Waals surface area contributed by atoms with Crippen LogP contribution in [0.4, 0.5) is 17.1 Å². The van der Waals surface area contributed by atoms with Crippen LogP contribution in [0.1, 0.15) is 4.88 Å². The second kappa shape index (κ2) is 5.29. The van der Waals surface area contributed by atoms with Crippen LogP contribution in [0.3, 0.4) is 0 Å². The lowest BCUT2D eigenvalue weighted by Gasteiger charge is -2.11. The normalized spacial score (nSPS) is 10.6. The minimum atomic E-state index is 0.0980. The molecule has 0 atom stereocenters. The number of aliphatic hydroxyl groups excluding tert-OH is 1. The highest BCUT2D eigenvalue weighted by molar-refractivity contribution is 7.11. The van der Waals surface area contributed by atoms with Gasteiger partial charge in [-0.1, -0.05) is 0 Å². The fourth-order valence-electron chi connectivity index (χ4n) is 1.90. The smallest absolute Gasteiger partial charge is 0.0604 e. The summed E-state index contributed by atoms with van der Waals surface area (Å²) in [6.45, 7) is 2.67. The number of rotatable bonds is 4. The molecule has 0 unspecified atom stereocenters. The lowest BCUT2D eigenvalue weighted by molar-refractivity contribution is 0.311. The average molecular weight is 263 g/mol. The molecule has 0 spiro atoms. The Hall–Kier alpha value is -1.72. The predicted molar refractivity (Wildman–Crippen MR) is 78.9 cm³/mol. The molecule has 0 saturated heterocycles. The Morgan fingerprint density at radius 1 is 1.33 bits per heavy atom. The molecular formula is C13H17N3OS. The Morgan fingerprint density at radius 2 is 2.11 bits per heavy atom. The standard InChI is InChI=1S/C13H17N3OS/c1-8-13(12(7-18-8)16-4-5-17)10-6-9(14)2-3-11(10)15/h2-3,6-7,16-17H,4-5,14-15H2,1H3. The minimum absolute atomic E-state index is 0.0980. The summed E-state index contributed by atoms with van der Waals surface area (Å²) in [6.07, 6.45) is 0. The summed E-state index contributed by atoms with van der Waals surface area (Å²) >= 11 is 1.65. The largest absolute Gasteiger partial charge is 0.399 e. The van der Waals surface area contributed by atoms with Gasteiger partial charge in [0.2, 0.25) is 0 Å². The molecule has 0 radical (unpaired) electrons. The van der Waals surface area contributed by atoms with Crippen molar-refractivity contribution >= 4 is 28.4 Å². The zero-order chi connectivity index (χ0) is 13.1. The number of hydrogen-bond acceptors (Lipinski definition) is 5. The van der Waals surface area contributed by atoms with Gasteiger partial charge in [-0.3, -0.25) is 0 Å². The summed E-state index contributed by atoms with van der Waals surface area (Å²) in [5.41, 5.74) is 16.2. The number of hydrogen-bond donors (Lipinski definition) is 4. The molecule has 1 aromatic heterocycles. The van der Waals surface area contributed by atoms with E-state index in [1.807, 2.05) is 24.4 Å². The molecule has 4 nitrogen and oxygen atoms in total. The van der Waals surface area contributed by atoms with Gasteiger partial charge in [0.25, 0.3) is 0 Å². The molecule has 1 heterocycles. The maximum Gasteiger partial charge on any atom is 0.0604 e. The van der Waals surface area contributed by atoms with Gasteiger partial charge >= 0.3 is 0 Å². The van der Waals surface area contributed by atoms with Crippen LogP contribution in [0.15, 0.2) is 23.6 Å². The molecule has 96 valence electrons. The van der Waals surface area contributed by atoms with Crippen molar-refractivity contribution < 1.29 is 5.11 Å². The number of nitrogens with two attached hydrogens (primary N) is 2. The Bertz CT molecular complexity index is 551. The Kier molecular flexibility index (Phi) is 3.74. The summed E-state index contributed by atoms with van der Waals surface area (Å²) < 4.78 is 0. The van der Waals surface area contributed by atoms with E-state index in [0.717, 1.165) is 16.8 Å². The van der Waals surface area contributed by atoms with Gasteiger partial charge in [0.15, 0.2) is 0 Å². The van der Waals surface area contributed by atoms with Crippen LogP contribution in [-0.4, -0.2) is 18.3 Å². The molecule has 0 aliphatic heterocycles. The van der Waals surface area contributed by atoms with Crippen LogP contribution in [0.25, 0.3) is 11.1 Å². The Morgan fingerprint density at radius 3 is 2.83 bits per heavy atom. The van der Waals surface area contributed by atoms with Gasteiger partial charge in [0.05, 0.1) is 12.3 Å². The summed E-state index contributed by atoms with van der Waals surface area (Å²) in [5.74, 6) is 0. The molecule has 0 aliphatic carbocycles. The van der Waals surface area contributed by atoms with Crippen molar-refractivity contribution in [3.8, 4) is 11.1 Å². The maximum absolute atomic E-state index is 8.89. The van der Waals surface area contributed by atoms with Gasteiger partial charge in [-0.05, 0) is 25.1 Å². The van der Waals surface area contributed by atoms with Gasteiger partial charge in [0.1, 0.15) is 0 Å². The predicted octanol–water partition coefficient (Wildman–Crippen LogP) is 2.29. The van der Waals surface area contributed by atoms with Crippen molar-refractivity contribution in [2.45, 2.75) is 6.92 Å². The number of anilines is 3. The lowest BCUT2D eigenvalue weighted by Crippen LogP contribution is -2.06. The van der Waals surface area contributed by atoms with Crippen LogP contribution in [-0.2, 0) is 0 Å². The summed E-state index contributed by atoms with van der Waals surface area (Å²) in [7, 11) is 0. The first-order chi connectivity index (χ1) is 8.63. The van der Waals surface area contributed by atoms with Gasteiger partial charge < -0.3 is 21.9 Å². The molecule has 0 bridgehead atoms. The van der Waals surface area contributed by atoms with Crippen molar-refractivity contribution in [1.29, 1.82) is 0 Å². The lowest BCUT2D eigenvalue weighted by atomic mass is 10.0. The minimum Gasteiger partial charge on any atom is -0.399 e. The van der Waals surface area contributed by atoms with E-state index in [0.29, 0.717) is 17.9 Å². The van der Waals surface area contributed by atoms with E-state index in [4.69, 9.17) is 16.6 Å². The van der Waals surface area contributed by atoms with Gasteiger partial charge in [-0.15, -0.1) is 11.3 Å². The third-order valence-corrected chi connectivity index (χ3v) is 3.66. The van der Waals surface area contributed by atoms with Crippen LogP contribution in [0.5, 0.6) is 0 Å². The zero-order valence-electron chi connectivity index (χ0n) is 10.2. The van der Waals surface area contributed by atoms with Crippen molar-refractivity contribution in [3.63, 3.8) is 0 Å².